The lowest BCUT2D eigenvalue weighted by Crippen LogP contribution is -2.25. The summed E-state index contributed by atoms with van der Waals surface area (Å²) in [6, 6.07) is 0. The Balaban J connectivity index is 3.01. The van der Waals surface area contributed by atoms with Crippen LogP contribution in [0, 0.1) is 5.92 Å². The molecule has 0 aromatic carbocycles. The summed E-state index contributed by atoms with van der Waals surface area (Å²) >= 11 is 0. The van der Waals surface area contributed by atoms with Crippen molar-refractivity contribution in [2.75, 3.05) is 0 Å². The molecule has 0 aromatic rings. The number of carbonyl (C=O) groups excluding carboxylic acids is 1. The normalized spacial score (nSPS) is 31.2. The van der Waals surface area contributed by atoms with E-state index in [1.165, 1.54) is 6.92 Å². The van der Waals surface area contributed by atoms with Crippen molar-refractivity contribution >= 4 is 15.9 Å². The molecule has 0 aromatic heterocycles. The molecule has 68 valence electrons. The number of rotatable bonds is 1. The van der Waals surface area contributed by atoms with Crippen LogP contribution in [0.3, 0.4) is 0 Å². The van der Waals surface area contributed by atoms with Gasteiger partial charge in [-0.05, 0) is 12.0 Å². The standard InChI is InChI=1S/C7H10O4S/c1-4-3-6(12(9,10)11)5(2)7(4)8/h5-6H,1,3H2,2H3,(H,9,10,11). The summed E-state index contributed by atoms with van der Waals surface area (Å²) in [4.78, 5) is 11.1. The quantitative estimate of drug-likeness (QED) is 0.480. The summed E-state index contributed by atoms with van der Waals surface area (Å²) < 4.78 is 30.1. The molecule has 2 atom stereocenters. The minimum atomic E-state index is -4.10. The zero-order chi connectivity index (χ0) is 9.52. The van der Waals surface area contributed by atoms with Crippen molar-refractivity contribution in [3.8, 4) is 0 Å². The first-order chi connectivity index (χ1) is 5.34. The maximum Gasteiger partial charge on any atom is 0.268 e. The zero-order valence-corrected chi connectivity index (χ0v) is 7.47. The van der Waals surface area contributed by atoms with Crippen molar-refractivity contribution < 1.29 is 17.8 Å². The average molecular weight is 190 g/mol. The molecule has 0 heterocycles. The van der Waals surface area contributed by atoms with E-state index in [1.807, 2.05) is 0 Å². The first kappa shape index (κ1) is 9.41. The lowest BCUT2D eigenvalue weighted by Gasteiger charge is -2.08. The number of Topliss-reactive ketones (excluding diaryl/α,β-unsaturated/α-hetero) is 1. The Kier molecular flexibility index (Phi) is 2.09. The highest BCUT2D eigenvalue weighted by molar-refractivity contribution is 7.86. The van der Waals surface area contributed by atoms with Gasteiger partial charge in [0.1, 0.15) is 5.25 Å². The van der Waals surface area contributed by atoms with Crippen LogP contribution in [-0.4, -0.2) is 24.0 Å². The number of allylic oxidation sites excluding steroid dienone is 1. The van der Waals surface area contributed by atoms with Crippen molar-refractivity contribution in [3.05, 3.63) is 12.2 Å². The monoisotopic (exact) mass is 190 g/mol. The lowest BCUT2D eigenvalue weighted by molar-refractivity contribution is -0.117. The predicted octanol–water partition coefficient (Wildman–Crippen LogP) is 0.408. The summed E-state index contributed by atoms with van der Waals surface area (Å²) in [5.41, 5.74) is 0.283. The number of carbonyl (C=O) groups is 1. The van der Waals surface area contributed by atoms with E-state index in [1.54, 1.807) is 0 Å². The highest BCUT2D eigenvalue weighted by atomic mass is 32.2. The van der Waals surface area contributed by atoms with Crippen molar-refractivity contribution in [1.82, 2.24) is 0 Å². The van der Waals surface area contributed by atoms with E-state index in [2.05, 4.69) is 6.58 Å². The Labute approximate surface area is 71.0 Å². The van der Waals surface area contributed by atoms with Gasteiger partial charge in [0.05, 0.1) is 0 Å². The van der Waals surface area contributed by atoms with Gasteiger partial charge in [0, 0.05) is 5.92 Å². The first-order valence-corrected chi connectivity index (χ1v) is 5.02. The largest absolute Gasteiger partial charge is 0.294 e. The lowest BCUT2D eigenvalue weighted by atomic mass is 10.1. The van der Waals surface area contributed by atoms with Gasteiger partial charge in [0.25, 0.3) is 10.1 Å². The Morgan fingerprint density at radius 1 is 1.58 bits per heavy atom. The van der Waals surface area contributed by atoms with E-state index < -0.39 is 21.3 Å². The van der Waals surface area contributed by atoms with Gasteiger partial charge in [0.2, 0.25) is 0 Å². The average Bonchev–Trinajstić information content (AvgIpc) is 2.15. The topological polar surface area (TPSA) is 71.4 Å². The summed E-state index contributed by atoms with van der Waals surface area (Å²) in [5.74, 6) is -0.926. The Bertz CT molecular complexity index is 327. The van der Waals surface area contributed by atoms with Crippen molar-refractivity contribution in [2.24, 2.45) is 5.92 Å². The number of ketones is 1. The van der Waals surface area contributed by atoms with E-state index in [4.69, 9.17) is 4.55 Å². The third-order valence-electron chi connectivity index (χ3n) is 2.15. The molecule has 0 amide bonds. The molecule has 4 nitrogen and oxygen atoms in total. The van der Waals surface area contributed by atoms with Crippen LogP contribution in [0.25, 0.3) is 0 Å². The minimum Gasteiger partial charge on any atom is -0.294 e. The molecular weight excluding hydrogens is 180 g/mol. The molecule has 1 saturated carbocycles. The van der Waals surface area contributed by atoms with Crippen LogP contribution in [0.15, 0.2) is 12.2 Å². The second-order valence-corrected chi connectivity index (χ2v) is 4.65. The van der Waals surface area contributed by atoms with Crippen LogP contribution >= 0.6 is 0 Å². The van der Waals surface area contributed by atoms with Crippen LogP contribution in [0.1, 0.15) is 13.3 Å². The fourth-order valence-corrected chi connectivity index (χ4v) is 2.43. The van der Waals surface area contributed by atoms with E-state index >= 15 is 0 Å². The molecule has 1 N–H and O–H groups in total. The van der Waals surface area contributed by atoms with Crippen LogP contribution in [0.2, 0.25) is 0 Å². The van der Waals surface area contributed by atoms with Gasteiger partial charge in [-0.25, -0.2) is 0 Å². The van der Waals surface area contributed by atoms with Crippen LogP contribution < -0.4 is 0 Å². The summed E-state index contributed by atoms with van der Waals surface area (Å²) in [6.07, 6.45) is 0.0544. The molecule has 0 radical (unpaired) electrons. The van der Waals surface area contributed by atoms with Gasteiger partial charge < -0.3 is 0 Å². The second kappa shape index (κ2) is 2.67. The van der Waals surface area contributed by atoms with Crippen molar-refractivity contribution in [1.29, 1.82) is 0 Å². The van der Waals surface area contributed by atoms with Crippen LogP contribution in [0.5, 0.6) is 0 Å². The molecule has 12 heavy (non-hydrogen) atoms. The van der Waals surface area contributed by atoms with Crippen LogP contribution in [-0.2, 0) is 14.9 Å². The summed E-state index contributed by atoms with van der Waals surface area (Å²) in [5, 5.41) is -0.988. The fraction of sp³-hybridized carbons (Fsp3) is 0.571. The van der Waals surface area contributed by atoms with E-state index in [-0.39, 0.29) is 17.8 Å². The highest BCUT2D eigenvalue weighted by Crippen LogP contribution is 2.30. The first-order valence-electron chi connectivity index (χ1n) is 3.52. The van der Waals surface area contributed by atoms with Gasteiger partial charge in [-0.15, -0.1) is 0 Å². The van der Waals surface area contributed by atoms with E-state index in [0.29, 0.717) is 0 Å². The molecule has 0 spiro atoms. The maximum absolute atomic E-state index is 11.1. The third-order valence-corrected chi connectivity index (χ3v) is 3.49. The van der Waals surface area contributed by atoms with Crippen molar-refractivity contribution in [2.45, 2.75) is 18.6 Å². The molecule has 1 rings (SSSR count). The van der Waals surface area contributed by atoms with Gasteiger partial charge in [-0.1, -0.05) is 13.5 Å². The van der Waals surface area contributed by atoms with Gasteiger partial charge in [0.15, 0.2) is 5.78 Å². The molecule has 0 aliphatic heterocycles. The van der Waals surface area contributed by atoms with Gasteiger partial charge >= 0.3 is 0 Å². The highest BCUT2D eigenvalue weighted by Gasteiger charge is 2.41. The van der Waals surface area contributed by atoms with Crippen LogP contribution in [0.4, 0.5) is 0 Å². The zero-order valence-electron chi connectivity index (χ0n) is 6.65. The molecule has 0 saturated heterocycles. The minimum absolute atomic E-state index is 0.0544. The molecule has 1 aliphatic carbocycles. The smallest absolute Gasteiger partial charge is 0.268 e. The number of hydrogen-bond donors (Lipinski definition) is 1. The SMILES string of the molecule is C=C1CC(S(=O)(=O)O)C(C)C1=O. The molecule has 0 bridgehead atoms. The molecule has 1 aliphatic rings. The van der Waals surface area contributed by atoms with E-state index in [0.717, 1.165) is 0 Å². The molecule has 5 heteroatoms. The summed E-state index contributed by atoms with van der Waals surface area (Å²) in [7, 11) is -4.10. The molecule has 1 fully saturated rings. The molecular formula is C7H10O4S. The Hall–Kier alpha value is -0.680. The summed E-state index contributed by atoms with van der Waals surface area (Å²) in [6.45, 7) is 4.91. The van der Waals surface area contributed by atoms with Gasteiger partial charge in [-0.3, -0.25) is 9.35 Å². The number of hydrogen-bond acceptors (Lipinski definition) is 3. The van der Waals surface area contributed by atoms with Gasteiger partial charge in [-0.2, -0.15) is 8.42 Å². The predicted molar refractivity (Wildman–Crippen MR) is 43.3 cm³/mol. The second-order valence-electron chi connectivity index (χ2n) is 3.01. The molecule has 2 unspecified atom stereocenters. The Morgan fingerprint density at radius 2 is 2.08 bits per heavy atom. The van der Waals surface area contributed by atoms with Crippen molar-refractivity contribution in [3.63, 3.8) is 0 Å². The third kappa shape index (κ3) is 1.42. The fourth-order valence-electron chi connectivity index (χ4n) is 1.37. The Morgan fingerprint density at radius 3 is 2.25 bits per heavy atom. The van der Waals surface area contributed by atoms with E-state index in [9.17, 15) is 13.2 Å². The maximum atomic E-state index is 11.1.